The first kappa shape index (κ1) is 19.2. The van der Waals surface area contributed by atoms with Gasteiger partial charge in [0.1, 0.15) is 5.69 Å². The first-order valence-corrected chi connectivity index (χ1v) is 8.75. The quantitative estimate of drug-likeness (QED) is 0.561. The van der Waals surface area contributed by atoms with Crippen LogP contribution in [-0.4, -0.2) is 47.3 Å². The molecule has 1 heterocycles. The molecule has 1 aromatic rings. The number of esters is 1. The van der Waals surface area contributed by atoms with Crippen molar-refractivity contribution < 1.29 is 19.1 Å². The molecule has 1 amide bonds. The minimum Gasteiger partial charge on any atom is -0.464 e. The highest BCUT2D eigenvalue weighted by Gasteiger charge is 2.35. The van der Waals surface area contributed by atoms with Crippen LogP contribution >= 0.6 is 0 Å². The van der Waals surface area contributed by atoms with E-state index in [0.717, 1.165) is 12.8 Å². The van der Waals surface area contributed by atoms with E-state index in [0.29, 0.717) is 35.0 Å². The van der Waals surface area contributed by atoms with E-state index in [1.165, 1.54) is 7.11 Å². The second-order valence-corrected chi connectivity index (χ2v) is 7.29. The van der Waals surface area contributed by atoms with Crippen molar-refractivity contribution in [3.05, 3.63) is 22.5 Å². The summed E-state index contributed by atoms with van der Waals surface area (Å²) < 4.78 is 6.51. The van der Waals surface area contributed by atoms with E-state index >= 15 is 0 Å². The lowest BCUT2D eigenvalue weighted by molar-refractivity contribution is -0.132. The second kappa shape index (κ2) is 7.42. The Balaban J connectivity index is 2.29. The van der Waals surface area contributed by atoms with Crippen molar-refractivity contribution >= 4 is 17.7 Å². The van der Waals surface area contributed by atoms with Crippen molar-refractivity contribution in [2.24, 2.45) is 18.9 Å². The standard InChI is InChI=1S/C19H28N2O4/c1-11(2)9-21(18(23)14-7-8-14)10-15(22)16-12(3)17(19(24)25-6)20(5)13(16)4/h11,14H,7-10H2,1-6H3. The molecule has 1 aromatic heterocycles. The van der Waals surface area contributed by atoms with Gasteiger partial charge in [0.25, 0.3) is 0 Å². The van der Waals surface area contributed by atoms with E-state index in [9.17, 15) is 14.4 Å². The number of hydrogen-bond donors (Lipinski definition) is 0. The lowest BCUT2D eigenvalue weighted by Gasteiger charge is -2.24. The smallest absolute Gasteiger partial charge is 0.354 e. The monoisotopic (exact) mass is 348 g/mol. The third kappa shape index (κ3) is 3.94. The molecule has 0 spiro atoms. The van der Waals surface area contributed by atoms with Gasteiger partial charge in [0.05, 0.1) is 13.7 Å². The molecule has 0 bridgehead atoms. The van der Waals surface area contributed by atoms with Gasteiger partial charge in [0.2, 0.25) is 5.91 Å². The predicted molar refractivity (Wildman–Crippen MR) is 94.7 cm³/mol. The van der Waals surface area contributed by atoms with Gasteiger partial charge in [-0.3, -0.25) is 9.59 Å². The van der Waals surface area contributed by atoms with Gasteiger partial charge in [0, 0.05) is 30.8 Å². The van der Waals surface area contributed by atoms with E-state index in [-0.39, 0.29) is 24.2 Å². The van der Waals surface area contributed by atoms with Crippen molar-refractivity contribution in [1.82, 2.24) is 9.47 Å². The third-order valence-electron chi connectivity index (χ3n) is 4.75. The van der Waals surface area contributed by atoms with Gasteiger partial charge >= 0.3 is 5.97 Å². The van der Waals surface area contributed by atoms with E-state index in [4.69, 9.17) is 4.74 Å². The highest BCUT2D eigenvalue weighted by atomic mass is 16.5. The molecule has 0 saturated heterocycles. The van der Waals surface area contributed by atoms with Crippen LogP contribution in [0.1, 0.15) is 58.8 Å². The van der Waals surface area contributed by atoms with E-state index in [1.54, 1.807) is 23.4 Å². The van der Waals surface area contributed by atoms with Crippen molar-refractivity contribution in [3.8, 4) is 0 Å². The van der Waals surface area contributed by atoms with Gasteiger partial charge in [-0.1, -0.05) is 13.8 Å². The molecule has 0 atom stereocenters. The number of rotatable bonds is 7. The Morgan fingerprint density at radius 3 is 2.32 bits per heavy atom. The predicted octanol–water partition coefficient (Wildman–Crippen LogP) is 2.51. The van der Waals surface area contributed by atoms with Crippen LogP contribution in [0.25, 0.3) is 0 Å². The molecule has 6 heteroatoms. The summed E-state index contributed by atoms with van der Waals surface area (Å²) in [7, 11) is 3.07. The van der Waals surface area contributed by atoms with Crippen LogP contribution in [0.4, 0.5) is 0 Å². The summed E-state index contributed by atoms with van der Waals surface area (Å²) in [4.78, 5) is 39.1. The van der Waals surface area contributed by atoms with Crippen LogP contribution in [-0.2, 0) is 16.6 Å². The highest BCUT2D eigenvalue weighted by Crippen LogP contribution is 2.31. The van der Waals surface area contributed by atoms with Gasteiger partial charge in [0.15, 0.2) is 5.78 Å². The average molecular weight is 348 g/mol. The Morgan fingerprint density at radius 2 is 1.84 bits per heavy atom. The molecule has 1 saturated carbocycles. The Labute approximate surface area is 149 Å². The van der Waals surface area contributed by atoms with E-state index in [2.05, 4.69) is 0 Å². The summed E-state index contributed by atoms with van der Waals surface area (Å²) in [6, 6.07) is 0. The minimum absolute atomic E-state index is 0.0554. The lowest BCUT2D eigenvalue weighted by Crippen LogP contribution is -2.39. The number of nitrogens with zero attached hydrogens (tertiary/aromatic N) is 2. The maximum absolute atomic E-state index is 12.9. The van der Waals surface area contributed by atoms with Crippen molar-refractivity contribution in [2.45, 2.75) is 40.5 Å². The van der Waals surface area contributed by atoms with Gasteiger partial charge in [-0.25, -0.2) is 4.79 Å². The van der Waals surface area contributed by atoms with Crippen LogP contribution in [0.3, 0.4) is 0 Å². The zero-order valence-electron chi connectivity index (χ0n) is 16.0. The van der Waals surface area contributed by atoms with Gasteiger partial charge in [-0.05, 0) is 38.2 Å². The SMILES string of the molecule is COC(=O)c1c(C)c(C(=O)CN(CC(C)C)C(=O)C2CC2)c(C)n1C. The van der Waals surface area contributed by atoms with Crippen LogP contribution < -0.4 is 0 Å². The highest BCUT2D eigenvalue weighted by molar-refractivity contribution is 6.04. The molecule has 0 N–H and O–H groups in total. The molecule has 0 radical (unpaired) electrons. The molecular weight excluding hydrogens is 320 g/mol. The Kier molecular flexibility index (Phi) is 5.70. The van der Waals surface area contributed by atoms with E-state index in [1.807, 2.05) is 20.8 Å². The number of amides is 1. The fraction of sp³-hybridized carbons (Fsp3) is 0.632. The molecule has 0 aromatic carbocycles. The number of carbonyl (C=O) groups excluding carboxylic acids is 3. The molecule has 1 aliphatic carbocycles. The Bertz CT molecular complexity index is 699. The summed E-state index contributed by atoms with van der Waals surface area (Å²) in [6.07, 6.45) is 1.83. The van der Waals surface area contributed by atoms with Crippen LogP contribution in [0, 0.1) is 25.7 Å². The average Bonchev–Trinajstić information content (AvgIpc) is 3.34. The molecule has 0 unspecified atom stereocenters. The number of hydrogen-bond acceptors (Lipinski definition) is 4. The first-order chi connectivity index (χ1) is 11.7. The third-order valence-corrected chi connectivity index (χ3v) is 4.75. The molecule has 0 aliphatic heterocycles. The molecule has 25 heavy (non-hydrogen) atoms. The Hall–Kier alpha value is -2.11. The summed E-state index contributed by atoms with van der Waals surface area (Å²) in [5.74, 6) is -0.152. The molecule has 1 fully saturated rings. The summed E-state index contributed by atoms with van der Waals surface area (Å²) in [6.45, 7) is 8.25. The summed E-state index contributed by atoms with van der Waals surface area (Å²) in [5, 5.41) is 0. The van der Waals surface area contributed by atoms with Crippen LogP contribution in [0.15, 0.2) is 0 Å². The topological polar surface area (TPSA) is 68.6 Å². The van der Waals surface area contributed by atoms with Gasteiger partial charge < -0.3 is 14.2 Å². The van der Waals surface area contributed by atoms with Crippen LogP contribution in [0.2, 0.25) is 0 Å². The molecule has 1 aliphatic rings. The number of carbonyl (C=O) groups is 3. The fourth-order valence-corrected chi connectivity index (χ4v) is 3.29. The Morgan fingerprint density at radius 1 is 1.24 bits per heavy atom. The summed E-state index contributed by atoms with van der Waals surface area (Å²) in [5.41, 5.74) is 2.22. The number of methoxy groups -OCH3 is 1. The fourth-order valence-electron chi connectivity index (χ4n) is 3.29. The molecule has 6 nitrogen and oxygen atoms in total. The second-order valence-electron chi connectivity index (χ2n) is 7.29. The maximum Gasteiger partial charge on any atom is 0.354 e. The van der Waals surface area contributed by atoms with Gasteiger partial charge in [-0.2, -0.15) is 0 Å². The van der Waals surface area contributed by atoms with E-state index < -0.39 is 5.97 Å². The minimum atomic E-state index is -0.463. The number of ketones is 1. The maximum atomic E-state index is 12.9. The lowest BCUT2D eigenvalue weighted by atomic mass is 10.0. The van der Waals surface area contributed by atoms with Crippen molar-refractivity contribution in [3.63, 3.8) is 0 Å². The number of aromatic nitrogens is 1. The number of ether oxygens (including phenoxy) is 1. The zero-order valence-corrected chi connectivity index (χ0v) is 16.0. The number of Topliss-reactive ketones (excluding diaryl/α,β-unsaturated/α-hetero) is 1. The van der Waals surface area contributed by atoms with Crippen molar-refractivity contribution in [1.29, 1.82) is 0 Å². The summed E-state index contributed by atoms with van der Waals surface area (Å²) >= 11 is 0. The van der Waals surface area contributed by atoms with Gasteiger partial charge in [-0.15, -0.1) is 0 Å². The van der Waals surface area contributed by atoms with Crippen LogP contribution in [0.5, 0.6) is 0 Å². The first-order valence-electron chi connectivity index (χ1n) is 8.75. The molecule has 2 rings (SSSR count). The van der Waals surface area contributed by atoms with Crippen molar-refractivity contribution in [2.75, 3.05) is 20.2 Å². The molecule has 138 valence electrons. The molecular formula is C19H28N2O4. The largest absolute Gasteiger partial charge is 0.464 e. The normalized spacial score (nSPS) is 13.9. The zero-order chi connectivity index (χ0) is 18.9.